The Balaban J connectivity index is 1.89. The molecular formula is C12H17N5. The molecule has 5 heteroatoms. The van der Waals surface area contributed by atoms with Gasteiger partial charge in [-0.25, -0.2) is 4.98 Å². The second-order valence-electron chi connectivity index (χ2n) is 4.42. The average molecular weight is 231 g/mol. The minimum atomic E-state index is 0.498. The van der Waals surface area contributed by atoms with E-state index < -0.39 is 0 Å². The second kappa shape index (κ2) is 4.33. The molecule has 0 aliphatic carbocycles. The van der Waals surface area contributed by atoms with Crippen LogP contribution in [0.4, 0.5) is 5.82 Å². The molecule has 0 saturated carbocycles. The highest BCUT2D eigenvalue weighted by molar-refractivity contribution is 5.80. The van der Waals surface area contributed by atoms with E-state index in [1.807, 2.05) is 17.1 Å². The summed E-state index contributed by atoms with van der Waals surface area (Å²) in [4.78, 5) is 4.43. The summed E-state index contributed by atoms with van der Waals surface area (Å²) in [7, 11) is 0. The molecule has 0 spiro atoms. The van der Waals surface area contributed by atoms with Crippen LogP contribution in [0.15, 0.2) is 18.5 Å². The number of pyridine rings is 1. The van der Waals surface area contributed by atoms with E-state index in [0.29, 0.717) is 6.04 Å². The maximum absolute atomic E-state index is 4.43. The Bertz CT molecular complexity index is 513. The number of aryl methyl sites for hydroxylation is 1. The maximum Gasteiger partial charge on any atom is 0.128 e. The number of aromatic nitrogens is 3. The molecule has 3 heterocycles. The predicted octanol–water partition coefficient (Wildman–Crippen LogP) is 1.22. The van der Waals surface area contributed by atoms with Crippen molar-refractivity contribution in [2.24, 2.45) is 0 Å². The largest absolute Gasteiger partial charge is 0.366 e. The van der Waals surface area contributed by atoms with Crippen molar-refractivity contribution in [3.8, 4) is 0 Å². The zero-order valence-corrected chi connectivity index (χ0v) is 9.98. The number of fused-ring (bicyclic) bond motifs is 1. The highest BCUT2D eigenvalue weighted by Gasteiger charge is 2.14. The first-order chi connectivity index (χ1) is 8.36. The fraction of sp³-hybridized carbons (Fsp3) is 0.500. The Kier molecular flexibility index (Phi) is 2.68. The lowest BCUT2D eigenvalue weighted by Gasteiger charge is -2.11. The standard InChI is InChI=1S/C12H17N5/c1-2-17-11-5-12(14-6-9(11)7-15-17)16-10-3-4-13-8-10/h5-7,10,13H,2-4,8H2,1H3,(H,14,16)/t10-/m1/s1. The molecule has 0 aromatic carbocycles. The minimum Gasteiger partial charge on any atom is -0.366 e. The van der Waals surface area contributed by atoms with Gasteiger partial charge in [-0.1, -0.05) is 0 Å². The summed E-state index contributed by atoms with van der Waals surface area (Å²) in [6.07, 6.45) is 4.92. The first-order valence-corrected chi connectivity index (χ1v) is 6.15. The van der Waals surface area contributed by atoms with Crippen LogP contribution in [0.3, 0.4) is 0 Å². The highest BCUT2D eigenvalue weighted by atomic mass is 15.3. The van der Waals surface area contributed by atoms with E-state index in [2.05, 4.69) is 33.7 Å². The monoisotopic (exact) mass is 231 g/mol. The number of rotatable bonds is 3. The lowest BCUT2D eigenvalue weighted by atomic mass is 10.2. The quantitative estimate of drug-likeness (QED) is 0.834. The SMILES string of the molecule is CCn1ncc2cnc(N[C@@H]3CCNC3)cc21. The third-order valence-corrected chi connectivity index (χ3v) is 3.24. The Morgan fingerprint density at radius 3 is 3.24 bits per heavy atom. The van der Waals surface area contributed by atoms with E-state index in [1.165, 1.54) is 0 Å². The molecule has 2 aromatic heterocycles. The van der Waals surface area contributed by atoms with Crippen molar-refractivity contribution in [2.45, 2.75) is 25.9 Å². The molecule has 5 nitrogen and oxygen atoms in total. The van der Waals surface area contributed by atoms with E-state index in [9.17, 15) is 0 Å². The van der Waals surface area contributed by atoms with Gasteiger partial charge in [-0.2, -0.15) is 5.10 Å². The maximum atomic E-state index is 4.43. The third-order valence-electron chi connectivity index (χ3n) is 3.24. The lowest BCUT2D eigenvalue weighted by molar-refractivity contribution is 0.683. The molecule has 2 aromatic rings. The average Bonchev–Trinajstić information content (AvgIpc) is 2.97. The molecule has 3 rings (SSSR count). The van der Waals surface area contributed by atoms with Crippen molar-refractivity contribution in [3.63, 3.8) is 0 Å². The molecule has 1 atom stereocenters. The topological polar surface area (TPSA) is 54.8 Å². The Labute approximate surface area is 100 Å². The van der Waals surface area contributed by atoms with E-state index in [-0.39, 0.29) is 0 Å². The molecule has 1 aliphatic rings. The van der Waals surface area contributed by atoms with Crippen molar-refractivity contribution in [2.75, 3.05) is 18.4 Å². The van der Waals surface area contributed by atoms with Crippen LogP contribution in [0.25, 0.3) is 10.9 Å². The first-order valence-electron chi connectivity index (χ1n) is 6.15. The van der Waals surface area contributed by atoms with E-state index in [4.69, 9.17) is 0 Å². The Morgan fingerprint density at radius 1 is 1.53 bits per heavy atom. The molecule has 2 N–H and O–H groups in total. The van der Waals surface area contributed by atoms with Crippen molar-refractivity contribution in [3.05, 3.63) is 18.5 Å². The van der Waals surface area contributed by atoms with Crippen LogP contribution in [0, 0.1) is 0 Å². The van der Waals surface area contributed by atoms with Crippen LogP contribution in [-0.4, -0.2) is 33.9 Å². The number of anilines is 1. The van der Waals surface area contributed by atoms with Gasteiger partial charge in [-0.3, -0.25) is 4.68 Å². The van der Waals surface area contributed by atoms with Gasteiger partial charge in [0.1, 0.15) is 5.82 Å². The van der Waals surface area contributed by atoms with Gasteiger partial charge in [0.15, 0.2) is 0 Å². The number of nitrogens with zero attached hydrogens (tertiary/aromatic N) is 3. The molecule has 0 radical (unpaired) electrons. The van der Waals surface area contributed by atoms with Gasteiger partial charge in [0.25, 0.3) is 0 Å². The summed E-state index contributed by atoms with van der Waals surface area (Å²) >= 11 is 0. The van der Waals surface area contributed by atoms with Gasteiger partial charge in [0.05, 0.1) is 11.7 Å². The van der Waals surface area contributed by atoms with Crippen molar-refractivity contribution < 1.29 is 0 Å². The zero-order chi connectivity index (χ0) is 11.7. The highest BCUT2D eigenvalue weighted by Crippen LogP contribution is 2.17. The molecule has 0 amide bonds. The van der Waals surface area contributed by atoms with Gasteiger partial charge >= 0.3 is 0 Å². The summed E-state index contributed by atoms with van der Waals surface area (Å²) in [5.74, 6) is 0.946. The summed E-state index contributed by atoms with van der Waals surface area (Å²) in [6, 6.07) is 2.59. The van der Waals surface area contributed by atoms with Crippen LogP contribution in [0.5, 0.6) is 0 Å². The van der Waals surface area contributed by atoms with E-state index in [0.717, 1.165) is 42.8 Å². The van der Waals surface area contributed by atoms with Crippen LogP contribution >= 0.6 is 0 Å². The van der Waals surface area contributed by atoms with Crippen LogP contribution in [-0.2, 0) is 6.54 Å². The van der Waals surface area contributed by atoms with Crippen LogP contribution in [0.2, 0.25) is 0 Å². The fourth-order valence-corrected chi connectivity index (χ4v) is 2.29. The summed E-state index contributed by atoms with van der Waals surface area (Å²) in [5, 5.41) is 12.2. The molecule has 0 bridgehead atoms. The van der Waals surface area contributed by atoms with Crippen LogP contribution < -0.4 is 10.6 Å². The normalized spacial score (nSPS) is 19.9. The number of hydrogen-bond acceptors (Lipinski definition) is 4. The smallest absolute Gasteiger partial charge is 0.128 e. The summed E-state index contributed by atoms with van der Waals surface area (Å²) in [5.41, 5.74) is 1.15. The van der Waals surface area contributed by atoms with Gasteiger partial charge in [-0.05, 0) is 19.9 Å². The third kappa shape index (κ3) is 1.98. The fourth-order valence-electron chi connectivity index (χ4n) is 2.29. The Hall–Kier alpha value is -1.62. The van der Waals surface area contributed by atoms with E-state index >= 15 is 0 Å². The molecule has 0 unspecified atom stereocenters. The van der Waals surface area contributed by atoms with Gasteiger partial charge in [0.2, 0.25) is 0 Å². The predicted molar refractivity (Wildman–Crippen MR) is 68.1 cm³/mol. The first kappa shape index (κ1) is 10.5. The molecule has 1 aliphatic heterocycles. The summed E-state index contributed by atoms with van der Waals surface area (Å²) in [6.45, 7) is 5.10. The van der Waals surface area contributed by atoms with Crippen LogP contribution in [0.1, 0.15) is 13.3 Å². The van der Waals surface area contributed by atoms with E-state index in [1.54, 1.807) is 0 Å². The zero-order valence-electron chi connectivity index (χ0n) is 9.98. The van der Waals surface area contributed by atoms with Gasteiger partial charge in [0, 0.05) is 36.8 Å². The molecule has 1 fully saturated rings. The van der Waals surface area contributed by atoms with Gasteiger partial charge < -0.3 is 10.6 Å². The second-order valence-corrected chi connectivity index (χ2v) is 4.42. The molecule has 1 saturated heterocycles. The number of nitrogens with one attached hydrogen (secondary N) is 2. The summed E-state index contributed by atoms with van der Waals surface area (Å²) < 4.78 is 2.00. The molecular weight excluding hydrogens is 214 g/mol. The van der Waals surface area contributed by atoms with Crippen molar-refractivity contribution >= 4 is 16.7 Å². The molecule has 17 heavy (non-hydrogen) atoms. The minimum absolute atomic E-state index is 0.498. The van der Waals surface area contributed by atoms with Gasteiger partial charge in [-0.15, -0.1) is 0 Å². The van der Waals surface area contributed by atoms with Crippen molar-refractivity contribution in [1.82, 2.24) is 20.1 Å². The molecule has 90 valence electrons. The number of hydrogen-bond donors (Lipinski definition) is 2. The Morgan fingerprint density at radius 2 is 2.47 bits per heavy atom. The van der Waals surface area contributed by atoms with Crippen molar-refractivity contribution in [1.29, 1.82) is 0 Å². The lowest BCUT2D eigenvalue weighted by Crippen LogP contribution is -2.22.